The lowest BCUT2D eigenvalue weighted by Crippen LogP contribution is -2.25. The van der Waals surface area contributed by atoms with Crippen molar-refractivity contribution in [2.45, 2.75) is 17.9 Å². The molecule has 0 saturated heterocycles. The Morgan fingerprint density at radius 1 is 1.22 bits per heavy atom. The number of benzene rings is 1. The molecule has 0 bridgehead atoms. The summed E-state index contributed by atoms with van der Waals surface area (Å²) in [6.45, 7) is 0.297. The second-order valence-electron chi connectivity index (χ2n) is 4.59. The summed E-state index contributed by atoms with van der Waals surface area (Å²) in [4.78, 5) is 12.0. The molecular weight excluding hydrogens is 318 g/mol. The molecule has 0 aliphatic heterocycles. The van der Waals surface area contributed by atoms with Crippen molar-refractivity contribution in [3.05, 3.63) is 54.0 Å². The first kappa shape index (κ1) is 16.7. The molecule has 1 aromatic carbocycles. The number of carbonyl (C=O) groups is 1. The number of nitriles is 1. The number of nitrogens with one attached hydrogen (secondary N) is 2. The molecular formula is C15H15N3O4S. The third-order valence-corrected chi connectivity index (χ3v) is 4.44. The van der Waals surface area contributed by atoms with Gasteiger partial charge in [-0.05, 0) is 36.4 Å². The SMILES string of the molecule is N#CCCNS(=O)(=O)c1ccc(C(=O)NCc2ccco2)cc1. The molecule has 0 unspecified atom stereocenters. The number of nitrogens with zero attached hydrogens (tertiary/aromatic N) is 1. The Kier molecular flexibility index (Phi) is 5.51. The fourth-order valence-electron chi connectivity index (χ4n) is 1.79. The van der Waals surface area contributed by atoms with Gasteiger partial charge in [-0.2, -0.15) is 5.26 Å². The zero-order valence-electron chi connectivity index (χ0n) is 12.2. The molecule has 1 amide bonds. The quantitative estimate of drug-likeness (QED) is 0.744. The minimum absolute atomic E-state index is 0.0398. The molecule has 7 nitrogen and oxygen atoms in total. The predicted molar refractivity (Wildman–Crippen MR) is 81.7 cm³/mol. The highest BCUT2D eigenvalue weighted by Gasteiger charge is 2.14. The van der Waals surface area contributed by atoms with Gasteiger partial charge in [-0.15, -0.1) is 0 Å². The molecule has 0 radical (unpaired) electrons. The van der Waals surface area contributed by atoms with Gasteiger partial charge in [0.25, 0.3) is 5.91 Å². The van der Waals surface area contributed by atoms with Crippen LogP contribution in [0.4, 0.5) is 0 Å². The van der Waals surface area contributed by atoms with Crippen molar-refractivity contribution < 1.29 is 17.6 Å². The molecule has 2 rings (SSSR count). The molecule has 2 aromatic rings. The van der Waals surface area contributed by atoms with Gasteiger partial charge in [0, 0.05) is 18.5 Å². The minimum Gasteiger partial charge on any atom is -0.467 e. The van der Waals surface area contributed by atoms with Crippen molar-refractivity contribution in [3.63, 3.8) is 0 Å². The van der Waals surface area contributed by atoms with E-state index in [2.05, 4.69) is 10.0 Å². The number of hydrogen-bond donors (Lipinski definition) is 2. The molecule has 0 atom stereocenters. The molecule has 2 N–H and O–H groups in total. The maximum atomic E-state index is 12.0. The monoisotopic (exact) mass is 333 g/mol. The number of furan rings is 1. The van der Waals surface area contributed by atoms with Crippen LogP contribution in [-0.4, -0.2) is 20.9 Å². The second kappa shape index (κ2) is 7.58. The zero-order valence-corrected chi connectivity index (χ0v) is 13.0. The van der Waals surface area contributed by atoms with Crippen LogP contribution >= 0.6 is 0 Å². The van der Waals surface area contributed by atoms with Crippen LogP contribution in [0.1, 0.15) is 22.5 Å². The lowest BCUT2D eigenvalue weighted by molar-refractivity contribution is 0.0948. The van der Waals surface area contributed by atoms with Crippen molar-refractivity contribution >= 4 is 15.9 Å². The van der Waals surface area contributed by atoms with E-state index in [1.807, 2.05) is 6.07 Å². The van der Waals surface area contributed by atoms with Crippen molar-refractivity contribution in [1.29, 1.82) is 5.26 Å². The Morgan fingerprint density at radius 2 is 1.96 bits per heavy atom. The van der Waals surface area contributed by atoms with E-state index in [9.17, 15) is 13.2 Å². The third-order valence-electron chi connectivity index (χ3n) is 2.96. The summed E-state index contributed by atoms with van der Waals surface area (Å²) in [6, 6.07) is 10.9. The number of sulfonamides is 1. The molecule has 0 saturated carbocycles. The molecule has 1 aromatic heterocycles. The smallest absolute Gasteiger partial charge is 0.251 e. The van der Waals surface area contributed by atoms with Gasteiger partial charge < -0.3 is 9.73 Å². The van der Waals surface area contributed by atoms with Gasteiger partial charge in [-0.25, -0.2) is 13.1 Å². The molecule has 0 fully saturated rings. The summed E-state index contributed by atoms with van der Waals surface area (Å²) in [6.07, 6.45) is 1.60. The van der Waals surface area contributed by atoms with Crippen LogP contribution in [0.25, 0.3) is 0 Å². The van der Waals surface area contributed by atoms with E-state index >= 15 is 0 Å². The van der Waals surface area contributed by atoms with E-state index in [0.29, 0.717) is 11.3 Å². The van der Waals surface area contributed by atoms with Crippen molar-refractivity contribution in [2.75, 3.05) is 6.54 Å². The van der Waals surface area contributed by atoms with Gasteiger partial charge in [0.2, 0.25) is 10.0 Å². The lowest BCUT2D eigenvalue weighted by Gasteiger charge is -2.07. The average molecular weight is 333 g/mol. The van der Waals surface area contributed by atoms with Crippen LogP contribution in [-0.2, 0) is 16.6 Å². The normalized spacial score (nSPS) is 10.9. The van der Waals surface area contributed by atoms with E-state index in [1.165, 1.54) is 30.5 Å². The van der Waals surface area contributed by atoms with Gasteiger partial charge in [-0.1, -0.05) is 0 Å². The molecule has 8 heteroatoms. The number of rotatable bonds is 7. The highest BCUT2D eigenvalue weighted by molar-refractivity contribution is 7.89. The largest absolute Gasteiger partial charge is 0.467 e. The van der Waals surface area contributed by atoms with Crippen LogP contribution < -0.4 is 10.0 Å². The Labute approximate surface area is 134 Å². The first-order valence-electron chi connectivity index (χ1n) is 6.80. The van der Waals surface area contributed by atoms with Gasteiger partial charge in [0.05, 0.1) is 23.8 Å². The first-order chi connectivity index (χ1) is 11.0. The summed E-state index contributed by atoms with van der Waals surface area (Å²) in [5.74, 6) is 0.294. The Morgan fingerprint density at radius 3 is 2.57 bits per heavy atom. The van der Waals surface area contributed by atoms with E-state index < -0.39 is 10.0 Å². The van der Waals surface area contributed by atoms with Crippen molar-refractivity contribution in [2.24, 2.45) is 0 Å². The van der Waals surface area contributed by atoms with Crippen LogP contribution in [0.5, 0.6) is 0 Å². The number of carbonyl (C=O) groups excluding carboxylic acids is 1. The number of amides is 1. The first-order valence-corrected chi connectivity index (χ1v) is 8.28. The standard InChI is InChI=1S/C15H15N3O4S/c16-8-2-9-18-23(20,21)14-6-4-12(5-7-14)15(19)17-11-13-3-1-10-22-13/h1,3-7,10,18H,2,9,11H2,(H,17,19). The van der Waals surface area contributed by atoms with Crippen molar-refractivity contribution in [3.8, 4) is 6.07 Å². The zero-order chi connectivity index (χ0) is 16.7. The maximum absolute atomic E-state index is 12.0. The molecule has 120 valence electrons. The molecule has 0 aliphatic carbocycles. The summed E-state index contributed by atoms with van der Waals surface area (Å²) in [5, 5.41) is 11.1. The third kappa shape index (κ3) is 4.67. The number of hydrogen-bond acceptors (Lipinski definition) is 5. The van der Waals surface area contributed by atoms with Gasteiger partial charge in [-0.3, -0.25) is 4.79 Å². The Bertz CT molecular complexity index is 790. The van der Waals surface area contributed by atoms with Crippen LogP contribution in [0, 0.1) is 11.3 Å². The highest BCUT2D eigenvalue weighted by Crippen LogP contribution is 2.11. The van der Waals surface area contributed by atoms with Crippen LogP contribution in [0.15, 0.2) is 52.0 Å². The topological polar surface area (TPSA) is 112 Å². The van der Waals surface area contributed by atoms with E-state index in [4.69, 9.17) is 9.68 Å². The molecule has 0 aliphatic rings. The van der Waals surface area contributed by atoms with Gasteiger partial charge in [0.15, 0.2) is 0 Å². The molecule has 0 spiro atoms. The summed E-state index contributed by atoms with van der Waals surface area (Å²) >= 11 is 0. The van der Waals surface area contributed by atoms with Crippen LogP contribution in [0.3, 0.4) is 0 Å². The molecule has 23 heavy (non-hydrogen) atoms. The highest BCUT2D eigenvalue weighted by atomic mass is 32.2. The van der Waals surface area contributed by atoms with Crippen molar-refractivity contribution in [1.82, 2.24) is 10.0 Å². The Balaban J connectivity index is 1.98. The summed E-state index contributed by atoms with van der Waals surface area (Å²) in [5.41, 5.74) is 0.340. The fraction of sp³-hybridized carbons (Fsp3) is 0.200. The lowest BCUT2D eigenvalue weighted by atomic mass is 10.2. The average Bonchev–Trinajstić information content (AvgIpc) is 3.06. The van der Waals surface area contributed by atoms with E-state index in [-0.39, 0.29) is 30.3 Å². The second-order valence-corrected chi connectivity index (χ2v) is 6.36. The minimum atomic E-state index is -3.67. The summed E-state index contributed by atoms with van der Waals surface area (Å²) < 4.78 is 31.3. The maximum Gasteiger partial charge on any atom is 0.251 e. The summed E-state index contributed by atoms with van der Waals surface area (Å²) in [7, 11) is -3.67. The van der Waals surface area contributed by atoms with E-state index in [1.54, 1.807) is 12.1 Å². The van der Waals surface area contributed by atoms with Crippen LogP contribution in [0.2, 0.25) is 0 Å². The van der Waals surface area contributed by atoms with E-state index in [0.717, 1.165) is 0 Å². The van der Waals surface area contributed by atoms with Gasteiger partial charge in [0.1, 0.15) is 5.76 Å². The molecule has 1 heterocycles. The Hall–Kier alpha value is -2.63. The predicted octanol–water partition coefficient (Wildman–Crippen LogP) is 1.40. The fourth-order valence-corrected chi connectivity index (χ4v) is 2.82. The van der Waals surface area contributed by atoms with Gasteiger partial charge >= 0.3 is 0 Å².